The highest BCUT2D eigenvalue weighted by molar-refractivity contribution is 5.91. The Bertz CT molecular complexity index is 541. The van der Waals surface area contributed by atoms with Crippen molar-refractivity contribution < 1.29 is 0 Å². The molecule has 0 amide bonds. The van der Waals surface area contributed by atoms with Gasteiger partial charge in [-0.2, -0.15) is 5.10 Å². The molecule has 1 aromatic carbocycles. The van der Waals surface area contributed by atoms with E-state index in [1.54, 1.807) is 0 Å². The monoisotopic (exact) mass is 256 g/mol. The Labute approximate surface area is 113 Å². The van der Waals surface area contributed by atoms with Gasteiger partial charge in [-0.15, -0.1) is 5.10 Å². The molecule has 4 nitrogen and oxygen atoms in total. The summed E-state index contributed by atoms with van der Waals surface area (Å²) >= 11 is 0. The molecule has 1 saturated heterocycles. The zero-order chi connectivity index (χ0) is 13.1. The third kappa shape index (κ3) is 2.54. The average Bonchev–Trinajstić information content (AvgIpc) is 2.48. The van der Waals surface area contributed by atoms with E-state index in [0.717, 1.165) is 31.4 Å². The van der Waals surface area contributed by atoms with Gasteiger partial charge in [0.2, 0.25) is 0 Å². The maximum Gasteiger partial charge on any atom is 0.159 e. The van der Waals surface area contributed by atoms with E-state index in [1.165, 1.54) is 23.6 Å². The Morgan fingerprint density at radius 2 is 2.05 bits per heavy atom. The summed E-state index contributed by atoms with van der Waals surface area (Å²) in [6.45, 7) is 3.28. The van der Waals surface area contributed by atoms with Crippen LogP contribution >= 0.6 is 0 Å². The Morgan fingerprint density at radius 3 is 2.84 bits per heavy atom. The van der Waals surface area contributed by atoms with Crippen molar-refractivity contribution in [2.24, 2.45) is 5.92 Å². The van der Waals surface area contributed by atoms with Gasteiger partial charge < -0.3 is 10.2 Å². The van der Waals surface area contributed by atoms with E-state index in [1.807, 2.05) is 19.3 Å². The first-order valence-electron chi connectivity index (χ1n) is 6.98. The molecule has 1 aliphatic heterocycles. The Balaban J connectivity index is 1.82. The molecule has 0 bridgehead atoms. The summed E-state index contributed by atoms with van der Waals surface area (Å²) < 4.78 is 0. The van der Waals surface area contributed by atoms with Gasteiger partial charge in [-0.25, -0.2) is 0 Å². The Kier molecular flexibility index (Phi) is 3.60. The number of anilines is 1. The number of aromatic nitrogens is 2. The van der Waals surface area contributed by atoms with Crippen LogP contribution in [-0.4, -0.2) is 36.9 Å². The lowest BCUT2D eigenvalue weighted by Gasteiger charge is -2.32. The molecule has 0 saturated carbocycles. The van der Waals surface area contributed by atoms with Crippen molar-refractivity contribution in [1.29, 1.82) is 0 Å². The van der Waals surface area contributed by atoms with Crippen molar-refractivity contribution in [3.05, 3.63) is 30.5 Å². The fraction of sp³-hybridized carbons (Fsp3) is 0.467. The van der Waals surface area contributed by atoms with Crippen LogP contribution in [0.3, 0.4) is 0 Å². The van der Waals surface area contributed by atoms with Crippen molar-refractivity contribution >= 4 is 16.6 Å². The van der Waals surface area contributed by atoms with Gasteiger partial charge >= 0.3 is 0 Å². The number of rotatable bonds is 3. The zero-order valence-corrected chi connectivity index (χ0v) is 11.3. The molecule has 19 heavy (non-hydrogen) atoms. The number of benzene rings is 1. The molecule has 3 rings (SSSR count). The van der Waals surface area contributed by atoms with Gasteiger partial charge in [0.05, 0.1) is 6.20 Å². The molecule has 2 heterocycles. The van der Waals surface area contributed by atoms with Gasteiger partial charge in [0.25, 0.3) is 0 Å². The lowest BCUT2D eigenvalue weighted by Crippen LogP contribution is -2.37. The number of fused-ring (bicyclic) bond motifs is 1. The predicted molar refractivity (Wildman–Crippen MR) is 78.4 cm³/mol. The molecule has 1 N–H and O–H groups in total. The van der Waals surface area contributed by atoms with E-state index < -0.39 is 0 Å². The highest BCUT2D eigenvalue weighted by Crippen LogP contribution is 2.27. The van der Waals surface area contributed by atoms with Crippen molar-refractivity contribution in [1.82, 2.24) is 15.5 Å². The van der Waals surface area contributed by atoms with Gasteiger partial charge in [0.15, 0.2) is 5.82 Å². The van der Waals surface area contributed by atoms with Crippen LogP contribution in [0.5, 0.6) is 0 Å². The van der Waals surface area contributed by atoms with Crippen molar-refractivity contribution in [2.75, 3.05) is 31.6 Å². The second-order valence-electron chi connectivity index (χ2n) is 5.24. The van der Waals surface area contributed by atoms with Crippen molar-refractivity contribution in [3.8, 4) is 0 Å². The molecule has 100 valence electrons. The lowest BCUT2D eigenvalue weighted by molar-refractivity contribution is 0.392. The minimum absolute atomic E-state index is 0.796. The topological polar surface area (TPSA) is 41.0 Å². The molecule has 1 aromatic heterocycles. The lowest BCUT2D eigenvalue weighted by atomic mass is 9.96. The normalized spacial score (nSPS) is 17.0. The highest BCUT2D eigenvalue weighted by Gasteiger charge is 2.21. The van der Waals surface area contributed by atoms with Crippen LogP contribution in [0.4, 0.5) is 5.82 Å². The molecule has 1 aliphatic rings. The largest absolute Gasteiger partial charge is 0.355 e. The summed E-state index contributed by atoms with van der Waals surface area (Å²) in [5.74, 6) is 1.84. The summed E-state index contributed by atoms with van der Waals surface area (Å²) in [4.78, 5) is 2.38. The van der Waals surface area contributed by atoms with Gasteiger partial charge in [-0.1, -0.05) is 24.3 Å². The molecule has 0 spiro atoms. The standard InChI is InChI=1S/C15H20N4/c1-16-10-12-6-8-19(9-7-12)15-14-5-3-2-4-13(14)11-17-18-15/h2-5,11-12,16H,6-10H2,1H3. The Morgan fingerprint density at radius 1 is 1.26 bits per heavy atom. The van der Waals surface area contributed by atoms with Crippen LogP contribution in [0.25, 0.3) is 10.8 Å². The third-order valence-corrected chi connectivity index (χ3v) is 3.96. The van der Waals surface area contributed by atoms with Crippen molar-refractivity contribution in [3.63, 3.8) is 0 Å². The minimum Gasteiger partial charge on any atom is -0.355 e. The molecular formula is C15H20N4. The second-order valence-corrected chi connectivity index (χ2v) is 5.24. The molecule has 1 fully saturated rings. The number of piperidine rings is 1. The van der Waals surface area contributed by atoms with Crippen LogP contribution in [0.2, 0.25) is 0 Å². The average molecular weight is 256 g/mol. The second kappa shape index (κ2) is 5.53. The number of hydrogen-bond donors (Lipinski definition) is 1. The van der Waals surface area contributed by atoms with Crippen LogP contribution < -0.4 is 10.2 Å². The number of nitrogens with zero attached hydrogens (tertiary/aromatic N) is 3. The van der Waals surface area contributed by atoms with E-state index in [2.05, 4.69) is 38.6 Å². The first-order chi connectivity index (χ1) is 9.38. The maximum absolute atomic E-state index is 4.36. The minimum atomic E-state index is 0.796. The van der Waals surface area contributed by atoms with Gasteiger partial charge in [-0.05, 0) is 32.4 Å². The number of nitrogens with one attached hydrogen (secondary N) is 1. The fourth-order valence-corrected chi connectivity index (χ4v) is 2.88. The van der Waals surface area contributed by atoms with E-state index in [4.69, 9.17) is 0 Å². The third-order valence-electron chi connectivity index (χ3n) is 3.96. The number of hydrogen-bond acceptors (Lipinski definition) is 4. The summed E-state index contributed by atoms with van der Waals surface area (Å²) in [5, 5.41) is 14.2. The van der Waals surface area contributed by atoms with Crippen LogP contribution in [-0.2, 0) is 0 Å². The van der Waals surface area contributed by atoms with Gasteiger partial charge in [0, 0.05) is 23.9 Å². The molecule has 0 radical (unpaired) electrons. The van der Waals surface area contributed by atoms with E-state index in [0.29, 0.717) is 0 Å². The van der Waals surface area contributed by atoms with E-state index in [-0.39, 0.29) is 0 Å². The summed E-state index contributed by atoms with van der Waals surface area (Å²) in [5.41, 5.74) is 0. The van der Waals surface area contributed by atoms with Gasteiger partial charge in [-0.3, -0.25) is 0 Å². The quantitative estimate of drug-likeness (QED) is 0.912. The Hall–Kier alpha value is -1.68. The van der Waals surface area contributed by atoms with Crippen LogP contribution in [0.1, 0.15) is 12.8 Å². The maximum atomic E-state index is 4.36. The molecule has 0 aliphatic carbocycles. The van der Waals surface area contributed by atoms with Crippen molar-refractivity contribution in [2.45, 2.75) is 12.8 Å². The first kappa shape index (κ1) is 12.4. The summed E-state index contributed by atoms with van der Waals surface area (Å²) in [6.07, 6.45) is 4.30. The zero-order valence-electron chi connectivity index (χ0n) is 11.3. The highest BCUT2D eigenvalue weighted by atomic mass is 15.3. The molecule has 4 heteroatoms. The molecule has 2 aromatic rings. The molecule has 0 unspecified atom stereocenters. The van der Waals surface area contributed by atoms with Gasteiger partial charge in [0.1, 0.15) is 0 Å². The fourth-order valence-electron chi connectivity index (χ4n) is 2.88. The van der Waals surface area contributed by atoms with E-state index in [9.17, 15) is 0 Å². The molecule has 0 atom stereocenters. The van der Waals surface area contributed by atoms with Crippen LogP contribution in [0.15, 0.2) is 30.5 Å². The summed E-state index contributed by atoms with van der Waals surface area (Å²) in [6, 6.07) is 8.36. The summed E-state index contributed by atoms with van der Waals surface area (Å²) in [7, 11) is 2.03. The van der Waals surface area contributed by atoms with E-state index >= 15 is 0 Å². The SMILES string of the molecule is CNCC1CCN(c2nncc3ccccc23)CC1. The smallest absolute Gasteiger partial charge is 0.159 e. The van der Waals surface area contributed by atoms with Crippen LogP contribution in [0, 0.1) is 5.92 Å². The predicted octanol–water partition coefficient (Wildman–Crippen LogP) is 2.07. The molecular weight excluding hydrogens is 236 g/mol. The first-order valence-corrected chi connectivity index (χ1v) is 6.98.